The summed E-state index contributed by atoms with van der Waals surface area (Å²) in [6.45, 7) is 1.99. The lowest BCUT2D eigenvalue weighted by Crippen LogP contribution is -2.25. The molecule has 0 amide bonds. The summed E-state index contributed by atoms with van der Waals surface area (Å²) in [5.74, 6) is 0.00161. The lowest BCUT2D eigenvalue weighted by molar-refractivity contribution is -0.142. The van der Waals surface area contributed by atoms with Crippen LogP contribution in [0.5, 0.6) is 5.75 Å². The molecule has 16 heavy (non-hydrogen) atoms. The molecule has 2 rings (SSSR count). The molecule has 1 N–H and O–H groups in total. The molecule has 2 atom stereocenters. The average molecular weight is 220 g/mol. The molecule has 0 saturated carbocycles. The smallest absolute Gasteiger partial charge is 0.307 e. The average Bonchev–Trinajstić information content (AvgIpc) is 2.28. The van der Waals surface area contributed by atoms with Gasteiger partial charge in [0.05, 0.1) is 13.0 Å². The van der Waals surface area contributed by atoms with E-state index in [0.717, 1.165) is 24.2 Å². The first-order valence-electron chi connectivity index (χ1n) is 5.53. The molecule has 86 valence electrons. The molecule has 0 fully saturated rings. The van der Waals surface area contributed by atoms with Gasteiger partial charge in [0.15, 0.2) is 0 Å². The van der Waals surface area contributed by atoms with Crippen LogP contribution in [0, 0.1) is 5.92 Å². The Hall–Kier alpha value is -1.51. The number of carboxylic acid groups (broad SMARTS) is 1. The van der Waals surface area contributed by atoms with Gasteiger partial charge in [-0.15, -0.1) is 0 Å². The summed E-state index contributed by atoms with van der Waals surface area (Å²) in [5, 5.41) is 9.11. The van der Waals surface area contributed by atoms with Crippen LogP contribution in [0.1, 0.15) is 30.4 Å². The fraction of sp³-hybridized carbons (Fsp3) is 0.462. The van der Waals surface area contributed by atoms with E-state index >= 15 is 0 Å². The van der Waals surface area contributed by atoms with Crippen LogP contribution in [0.4, 0.5) is 0 Å². The first-order valence-corrected chi connectivity index (χ1v) is 5.53. The Morgan fingerprint density at radius 3 is 2.88 bits per heavy atom. The lowest BCUT2D eigenvalue weighted by Gasteiger charge is -2.28. The van der Waals surface area contributed by atoms with Crippen molar-refractivity contribution in [3.05, 3.63) is 29.3 Å². The Balaban J connectivity index is 2.35. The van der Waals surface area contributed by atoms with Crippen LogP contribution >= 0.6 is 0 Å². The molecule has 0 saturated heterocycles. The zero-order chi connectivity index (χ0) is 11.7. The Morgan fingerprint density at radius 1 is 1.50 bits per heavy atom. The van der Waals surface area contributed by atoms with Gasteiger partial charge in [0.25, 0.3) is 0 Å². The summed E-state index contributed by atoms with van der Waals surface area (Å²) in [6.07, 6.45) is 1.55. The fourth-order valence-corrected chi connectivity index (χ4v) is 2.48. The van der Waals surface area contributed by atoms with Crippen LogP contribution in [-0.2, 0) is 11.2 Å². The molecule has 0 unspecified atom stereocenters. The second-order valence-electron chi connectivity index (χ2n) is 4.34. The molecule has 0 heterocycles. The highest BCUT2D eigenvalue weighted by Crippen LogP contribution is 2.37. The molecular weight excluding hydrogens is 204 g/mol. The third kappa shape index (κ3) is 1.77. The van der Waals surface area contributed by atoms with Crippen molar-refractivity contribution >= 4 is 5.97 Å². The number of methoxy groups -OCH3 is 1. The number of carboxylic acids is 1. The van der Waals surface area contributed by atoms with Gasteiger partial charge in [0.2, 0.25) is 0 Å². The van der Waals surface area contributed by atoms with Crippen molar-refractivity contribution in [2.24, 2.45) is 5.92 Å². The van der Waals surface area contributed by atoms with Gasteiger partial charge in [-0.3, -0.25) is 4.79 Å². The molecule has 1 aromatic rings. The van der Waals surface area contributed by atoms with Crippen molar-refractivity contribution in [3.63, 3.8) is 0 Å². The Kier molecular flexibility index (Phi) is 2.86. The Morgan fingerprint density at radius 2 is 2.25 bits per heavy atom. The van der Waals surface area contributed by atoms with E-state index < -0.39 is 5.97 Å². The van der Waals surface area contributed by atoms with E-state index in [-0.39, 0.29) is 11.8 Å². The van der Waals surface area contributed by atoms with Crippen molar-refractivity contribution in [2.75, 3.05) is 7.11 Å². The maximum atomic E-state index is 11.1. The molecule has 0 radical (unpaired) electrons. The molecule has 0 bridgehead atoms. The quantitative estimate of drug-likeness (QED) is 0.832. The summed E-state index contributed by atoms with van der Waals surface area (Å²) >= 11 is 0. The van der Waals surface area contributed by atoms with Crippen molar-refractivity contribution in [1.82, 2.24) is 0 Å². The summed E-state index contributed by atoms with van der Waals surface area (Å²) in [6, 6.07) is 5.91. The van der Waals surface area contributed by atoms with Crippen LogP contribution in [0.3, 0.4) is 0 Å². The highest BCUT2D eigenvalue weighted by Gasteiger charge is 2.31. The van der Waals surface area contributed by atoms with Crippen LogP contribution in [0.25, 0.3) is 0 Å². The Labute approximate surface area is 95.0 Å². The molecule has 3 heteroatoms. The number of hydrogen-bond donors (Lipinski definition) is 1. The van der Waals surface area contributed by atoms with Gasteiger partial charge >= 0.3 is 5.97 Å². The maximum Gasteiger partial charge on any atom is 0.307 e. The molecule has 1 aliphatic carbocycles. The summed E-state index contributed by atoms with van der Waals surface area (Å²) in [4.78, 5) is 11.1. The van der Waals surface area contributed by atoms with Crippen molar-refractivity contribution < 1.29 is 14.6 Å². The summed E-state index contributed by atoms with van der Waals surface area (Å²) < 4.78 is 5.17. The summed E-state index contributed by atoms with van der Waals surface area (Å²) in [5.41, 5.74) is 2.38. The SMILES string of the molecule is COc1ccc2c(c1)CC[C@@H](C(=O)O)[C@@H]2C. The van der Waals surface area contributed by atoms with Gasteiger partial charge in [-0.2, -0.15) is 0 Å². The van der Waals surface area contributed by atoms with Crippen molar-refractivity contribution in [3.8, 4) is 5.75 Å². The van der Waals surface area contributed by atoms with E-state index in [1.165, 1.54) is 5.56 Å². The standard InChI is InChI=1S/C13H16O3/c1-8-11-6-4-10(16-2)7-9(11)3-5-12(8)13(14)15/h4,6-8,12H,3,5H2,1-2H3,(H,14,15)/t8-,12-/m1/s1. The van der Waals surface area contributed by atoms with Gasteiger partial charge in [0, 0.05) is 0 Å². The monoisotopic (exact) mass is 220 g/mol. The molecule has 1 aliphatic rings. The first-order chi connectivity index (χ1) is 7.63. The van der Waals surface area contributed by atoms with Crippen LogP contribution < -0.4 is 4.74 Å². The van der Waals surface area contributed by atoms with Gasteiger partial charge in [-0.1, -0.05) is 13.0 Å². The summed E-state index contributed by atoms with van der Waals surface area (Å²) in [7, 11) is 1.65. The lowest BCUT2D eigenvalue weighted by atomic mass is 9.76. The largest absolute Gasteiger partial charge is 0.497 e. The zero-order valence-corrected chi connectivity index (χ0v) is 9.56. The minimum Gasteiger partial charge on any atom is -0.497 e. The van der Waals surface area contributed by atoms with Crippen molar-refractivity contribution in [2.45, 2.75) is 25.7 Å². The van der Waals surface area contributed by atoms with Crippen LogP contribution in [0.15, 0.2) is 18.2 Å². The van der Waals surface area contributed by atoms with Gasteiger partial charge in [-0.05, 0) is 42.0 Å². The van der Waals surface area contributed by atoms with Gasteiger partial charge in [0.1, 0.15) is 5.75 Å². The van der Waals surface area contributed by atoms with E-state index in [0.29, 0.717) is 0 Å². The zero-order valence-electron chi connectivity index (χ0n) is 9.56. The molecule has 3 nitrogen and oxygen atoms in total. The number of aliphatic carboxylic acids is 1. The second-order valence-corrected chi connectivity index (χ2v) is 4.34. The predicted molar refractivity (Wildman–Crippen MR) is 60.9 cm³/mol. The number of hydrogen-bond acceptors (Lipinski definition) is 2. The molecular formula is C13H16O3. The van der Waals surface area contributed by atoms with Crippen molar-refractivity contribution in [1.29, 1.82) is 0 Å². The van der Waals surface area contributed by atoms with E-state index in [2.05, 4.69) is 0 Å². The van der Waals surface area contributed by atoms with Crippen LogP contribution in [0.2, 0.25) is 0 Å². The highest BCUT2D eigenvalue weighted by molar-refractivity contribution is 5.72. The molecule has 0 spiro atoms. The molecule has 0 aromatic heterocycles. The minimum absolute atomic E-state index is 0.0900. The second kappa shape index (κ2) is 4.16. The Bertz CT molecular complexity index is 412. The van der Waals surface area contributed by atoms with Crippen LogP contribution in [-0.4, -0.2) is 18.2 Å². The number of benzene rings is 1. The normalized spacial score (nSPS) is 23.6. The number of ether oxygens (including phenoxy) is 1. The number of fused-ring (bicyclic) bond motifs is 1. The van der Waals surface area contributed by atoms with E-state index in [4.69, 9.17) is 9.84 Å². The number of aryl methyl sites for hydroxylation is 1. The molecule has 0 aliphatic heterocycles. The van der Waals surface area contributed by atoms with Gasteiger partial charge < -0.3 is 9.84 Å². The number of carbonyl (C=O) groups is 1. The first kappa shape index (κ1) is 11.0. The third-order valence-electron chi connectivity index (χ3n) is 3.49. The molecule has 1 aromatic carbocycles. The third-order valence-corrected chi connectivity index (χ3v) is 3.49. The van der Waals surface area contributed by atoms with Gasteiger partial charge in [-0.25, -0.2) is 0 Å². The van der Waals surface area contributed by atoms with E-state index in [1.54, 1.807) is 7.11 Å². The number of rotatable bonds is 2. The maximum absolute atomic E-state index is 11.1. The predicted octanol–water partition coefficient (Wildman–Crippen LogP) is 2.45. The highest BCUT2D eigenvalue weighted by atomic mass is 16.5. The fourth-order valence-electron chi connectivity index (χ4n) is 2.48. The van der Waals surface area contributed by atoms with E-state index in [9.17, 15) is 4.79 Å². The minimum atomic E-state index is -0.686. The van der Waals surface area contributed by atoms with E-state index in [1.807, 2.05) is 25.1 Å². The topological polar surface area (TPSA) is 46.5 Å².